The number of benzene rings is 1. The molecule has 1 amide bonds. The molecule has 0 saturated carbocycles. The predicted octanol–water partition coefficient (Wildman–Crippen LogP) is 1.91. The fourth-order valence-corrected chi connectivity index (χ4v) is 1.69. The number of carbonyl (C=O) groups is 1. The molecule has 0 aliphatic carbocycles. The second-order valence-corrected chi connectivity index (χ2v) is 3.58. The normalized spacial score (nSPS) is 17.7. The number of nitrogens with zero attached hydrogens (tertiary/aromatic N) is 1. The van der Waals surface area contributed by atoms with Gasteiger partial charge in [0.1, 0.15) is 12.4 Å². The molecule has 1 aliphatic heterocycles. The van der Waals surface area contributed by atoms with Gasteiger partial charge in [0.25, 0.3) is 0 Å². The molecule has 0 spiro atoms. The lowest BCUT2D eigenvalue weighted by Gasteiger charge is -2.21. The number of hydrogen-bond donors (Lipinski definition) is 1. The maximum absolute atomic E-state index is 11.3. The van der Waals surface area contributed by atoms with E-state index in [-0.39, 0.29) is 17.9 Å². The number of phenols is 1. The van der Waals surface area contributed by atoms with E-state index in [0.717, 1.165) is 5.56 Å². The molecule has 0 aromatic heterocycles. The van der Waals surface area contributed by atoms with Crippen LogP contribution in [0.25, 0.3) is 0 Å². The quantitative estimate of drug-likeness (QED) is 0.805. The lowest BCUT2D eigenvalue weighted by molar-refractivity contribution is 0.150. The molecule has 1 saturated heterocycles. The summed E-state index contributed by atoms with van der Waals surface area (Å²) in [6.45, 7) is 3.03. The summed E-state index contributed by atoms with van der Waals surface area (Å²) in [5.74, 6) is 0.231. The number of aromatic hydroxyl groups is 1. The van der Waals surface area contributed by atoms with Gasteiger partial charge in [0.2, 0.25) is 0 Å². The SMILES string of the molecule is CC(c1ccc(O)cc1)N1CCOC1=O. The monoisotopic (exact) mass is 207 g/mol. The summed E-state index contributed by atoms with van der Waals surface area (Å²) in [6.07, 6.45) is -0.268. The molecular formula is C11H13NO3. The number of phenolic OH excluding ortho intramolecular Hbond substituents is 1. The summed E-state index contributed by atoms with van der Waals surface area (Å²) >= 11 is 0. The van der Waals surface area contributed by atoms with Crippen molar-refractivity contribution in [1.82, 2.24) is 4.90 Å². The molecule has 80 valence electrons. The molecule has 1 fully saturated rings. The van der Waals surface area contributed by atoms with Crippen molar-refractivity contribution in [3.63, 3.8) is 0 Å². The smallest absolute Gasteiger partial charge is 0.410 e. The third-order valence-corrected chi connectivity index (χ3v) is 2.64. The first kappa shape index (κ1) is 9.83. The fraction of sp³-hybridized carbons (Fsp3) is 0.364. The maximum atomic E-state index is 11.3. The Kier molecular flexibility index (Phi) is 2.49. The van der Waals surface area contributed by atoms with Crippen LogP contribution in [0.4, 0.5) is 4.79 Å². The van der Waals surface area contributed by atoms with E-state index in [0.29, 0.717) is 13.2 Å². The highest BCUT2D eigenvalue weighted by Crippen LogP contribution is 2.24. The Bertz CT molecular complexity index is 361. The molecular weight excluding hydrogens is 194 g/mol. The minimum absolute atomic E-state index is 0.0133. The Morgan fingerprint density at radius 3 is 2.60 bits per heavy atom. The first-order valence-electron chi connectivity index (χ1n) is 4.91. The molecule has 1 atom stereocenters. The summed E-state index contributed by atoms with van der Waals surface area (Å²) in [6, 6.07) is 6.85. The molecule has 1 aliphatic rings. The lowest BCUT2D eigenvalue weighted by Crippen LogP contribution is -2.27. The van der Waals surface area contributed by atoms with Crippen molar-refractivity contribution < 1.29 is 14.6 Å². The van der Waals surface area contributed by atoms with Gasteiger partial charge in [-0.25, -0.2) is 4.79 Å². The van der Waals surface area contributed by atoms with Crippen molar-refractivity contribution in [3.05, 3.63) is 29.8 Å². The standard InChI is InChI=1S/C11H13NO3/c1-8(12-6-7-15-11(12)14)9-2-4-10(13)5-3-9/h2-5,8,13H,6-7H2,1H3. The van der Waals surface area contributed by atoms with Crippen molar-refractivity contribution in [2.24, 2.45) is 0 Å². The zero-order chi connectivity index (χ0) is 10.8. The Morgan fingerprint density at radius 1 is 1.40 bits per heavy atom. The average molecular weight is 207 g/mol. The summed E-state index contributed by atoms with van der Waals surface area (Å²) in [4.78, 5) is 13.0. The van der Waals surface area contributed by atoms with Crippen LogP contribution >= 0.6 is 0 Å². The highest BCUT2D eigenvalue weighted by atomic mass is 16.6. The summed E-state index contributed by atoms with van der Waals surface area (Å²) in [7, 11) is 0. The van der Waals surface area contributed by atoms with Crippen LogP contribution in [-0.2, 0) is 4.74 Å². The molecule has 1 aromatic rings. The molecule has 1 N–H and O–H groups in total. The van der Waals surface area contributed by atoms with E-state index < -0.39 is 0 Å². The first-order chi connectivity index (χ1) is 7.18. The molecule has 1 aromatic carbocycles. The van der Waals surface area contributed by atoms with Gasteiger partial charge in [-0.1, -0.05) is 12.1 Å². The maximum Gasteiger partial charge on any atom is 0.410 e. The van der Waals surface area contributed by atoms with Gasteiger partial charge in [0.15, 0.2) is 0 Å². The highest BCUT2D eigenvalue weighted by molar-refractivity contribution is 5.70. The fourth-order valence-electron chi connectivity index (χ4n) is 1.69. The van der Waals surface area contributed by atoms with E-state index in [4.69, 9.17) is 9.84 Å². The second kappa shape index (κ2) is 3.81. The van der Waals surface area contributed by atoms with Crippen molar-refractivity contribution in [1.29, 1.82) is 0 Å². The van der Waals surface area contributed by atoms with Crippen LogP contribution in [0.5, 0.6) is 5.75 Å². The summed E-state index contributed by atoms with van der Waals surface area (Å²) < 4.78 is 4.87. The molecule has 0 bridgehead atoms. The Labute approximate surface area is 88.1 Å². The third-order valence-electron chi connectivity index (χ3n) is 2.64. The van der Waals surface area contributed by atoms with Gasteiger partial charge in [-0.05, 0) is 24.6 Å². The molecule has 1 heterocycles. The van der Waals surface area contributed by atoms with E-state index in [1.807, 2.05) is 19.1 Å². The molecule has 4 nitrogen and oxygen atoms in total. The van der Waals surface area contributed by atoms with Gasteiger partial charge in [-0.2, -0.15) is 0 Å². The molecule has 15 heavy (non-hydrogen) atoms. The van der Waals surface area contributed by atoms with Crippen molar-refractivity contribution in [2.75, 3.05) is 13.2 Å². The largest absolute Gasteiger partial charge is 0.508 e. The minimum Gasteiger partial charge on any atom is -0.508 e. The van der Waals surface area contributed by atoms with Gasteiger partial charge in [-0.3, -0.25) is 4.90 Å². The molecule has 0 radical (unpaired) electrons. The molecule has 4 heteroatoms. The van der Waals surface area contributed by atoms with Crippen LogP contribution in [0.15, 0.2) is 24.3 Å². The Morgan fingerprint density at radius 2 is 2.07 bits per heavy atom. The average Bonchev–Trinajstić information content (AvgIpc) is 2.65. The number of amides is 1. The van der Waals surface area contributed by atoms with Crippen LogP contribution < -0.4 is 0 Å². The predicted molar refractivity (Wildman–Crippen MR) is 54.6 cm³/mol. The molecule has 1 unspecified atom stereocenters. The van der Waals surface area contributed by atoms with Crippen LogP contribution in [0.1, 0.15) is 18.5 Å². The van der Waals surface area contributed by atoms with Crippen LogP contribution in [0.2, 0.25) is 0 Å². The van der Waals surface area contributed by atoms with Crippen LogP contribution in [0, 0.1) is 0 Å². The van der Waals surface area contributed by atoms with Crippen molar-refractivity contribution in [3.8, 4) is 5.75 Å². The third kappa shape index (κ3) is 1.88. The molecule has 2 rings (SSSR count). The van der Waals surface area contributed by atoms with Gasteiger partial charge < -0.3 is 9.84 Å². The van der Waals surface area contributed by atoms with Gasteiger partial charge in [-0.15, -0.1) is 0 Å². The first-order valence-corrected chi connectivity index (χ1v) is 4.91. The number of hydrogen-bond acceptors (Lipinski definition) is 3. The van der Waals surface area contributed by atoms with Gasteiger partial charge in [0, 0.05) is 0 Å². The van der Waals surface area contributed by atoms with Gasteiger partial charge in [0.05, 0.1) is 12.6 Å². The summed E-state index contributed by atoms with van der Waals surface area (Å²) in [5.41, 5.74) is 0.992. The van der Waals surface area contributed by atoms with Crippen molar-refractivity contribution >= 4 is 6.09 Å². The zero-order valence-corrected chi connectivity index (χ0v) is 8.51. The Balaban J connectivity index is 2.16. The van der Waals surface area contributed by atoms with E-state index in [1.54, 1.807) is 17.0 Å². The number of ether oxygens (including phenoxy) is 1. The topological polar surface area (TPSA) is 49.8 Å². The highest BCUT2D eigenvalue weighted by Gasteiger charge is 2.27. The van der Waals surface area contributed by atoms with Crippen LogP contribution in [0.3, 0.4) is 0 Å². The number of carbonyl (C=O) groups excluding carboxylic acids is 1. The van der Waals surface area contributed by atoms with Crippen molar-refractivity contribution in [2.45, 2.75) is 13.0 Å². The second-order valence-electron chi connectivity index (χ2n) is 3.58. The van der Waals surface area contributed by atoms with Gasteiger partial charge >= 0.3 is 6.09 Å². The van der Waals surface area contributed by atoms with E-state index in [9.17, 15) is 4.79 Å². The summed E-state index contributed by atoms with van der Waals surface area (Å²) in [5, 5.41) is 9.15. The Hall–Kier alpha value is -1.71. The van der Waals surface area contributed by atoms with E-state index in [2.05, 4.69) is 0 Å². The number of rotatable bonds is 2. The van der Waals surface area contributed by atoms with E-state index >= 15 is 0 Å². The minimum atomic E-state index is -0.268. The lowest BCUT2D eigenvalue weighted by atomic mass is 10.1. The van der Waals surface area contributed by atoms with Crippen LogP contribution in [-0.4, -0.2) is 29.3 Å². The van der Waals surface area contributed by atoms with E-state index in [1.165, 1.54) is 0 Å². The zero-order valence-electron chi connectivity index (χ0n) is 8.51. The number of cyclic esters (lactones) is 1.